The monoisotopic (exact) mass is 472 g/mol. The molecule has 0 heterocycles. The van der Waals surface area contributed by atoms with Crippen LogP contribution in [0.2, 0.25) is 0 Å². The first-order chi connectivity index (χ1) is 12.0. The summed E-state index contributed by atoms with van der Waals surface area (Å²) in [6.07, 6.45) is 2.66. The third kappa shape index (κ3) is 16.4. The molecule has 0 aliphatic carbocycles. The number of allylic oxidation sites excluding steroid dienone is 2. The van der Waals surface area contributed by atoms with E-state index in [1.54, 1.807) is 0 Å². The fourth-order valence-corrected chi connectivity index (χ4v) is 1.97. The minimum absolute atomic E-state index is 0. The molecule has 0 amide bonds. The van der Waals surface area contributed by atoms with Gasteiger partial charge in [-0.25, -0.2) is 0 Å². The Hall–Kier alpha value is 0.571. The van der Waals surface area contributed by atoms with Crippen LogP contribution in [0.3, 0.4) is 0 Å². The molecule has 0 fully saturated rings. The van der Waals surface area contributed by atoms with E-state index in [0.717, 1.165) is 25.9 Å². The molecule has 0 bridgehead atoms. The maximum absolute atomic E-state index is 12.0. The summed E-state index contributed by atoms with van der Waals surface area (Å²) in [7, 11) is 6.14. The van der Waals surface area contributed by atoms with Gasteiger partial charge in [-0.3, -0.25) is 4.79 Å². The van der Waals surface area contributed by atoms with E-state index in [4.69, 9.17) is 0 Å². The van der Waals surface area contributed by atoms with Gasteiger partial charge in [0.1, 0.15) is 0 Å². The van der Waals surface area contributed by atoms with E-state index >= 15 is 0 Å². The standard InChI is InChI=1S/C11H25N2O.C11H20O2.Sr/c1-6-11(14,7-2)10-13(5)9-8-12(3)4;1-10(2,3)8(12)7-9(13)11(4,5)6;/h6-10H2,1-5H3;7,12H,1-6H3;/q-1;;+2/p-1/b;8-7-;. The van der Waals surface area contributed by atoms with E-state index in [1.807, 2.05) is 62.4 Å². The van der Waals surface area contributed by atoms with Gasteiger partial charge in [0.2, 0.25) is 0 Å². The molecule has 0 aromatic rings. The summed E-state index contributed by atoms with van der Waals surface area (Å²) >= 11 is 0. The molecule has 0 N–H and O–H groups in total. The molecule has 0 saturated heterocycles. The Morgan fingerprint density at radius 1 is 0.893 bits per heavy atom. The van der Waals surface area contributed by atoms with Crippen molar-refractivity contribution in [1.82, 2.24) is 9.80 Å². The van der Waals surface area contributed by atoms with Gasteiger partial charge in [0, 0.05) is 18.5 Å². The average Bonchev–Trinajstić information content (AvgIpc) is 2.51. The SMILES string of the molecule is CC(C)(C)C(=O)/C=C(\[O-])C(C)(C)C.CCC([O-])(CC)CN(C)CCN(C)C.[Sr+2]. The van der Waals surface area contributed by atoms with Crippen molar-refractivity contribution in [2.75, 3.05) is 40.8 Å². The minimum atomic E-state index is -0.749. The second-order valence-corrected chi connectivity index (χ2v) is 9.80. The predicted octanol–water partition coefficient (Wildman–Crippen LogP) is 1.91. The molecule has 0 atom stereocenters. The van der Waals surface area contributed by atoms with Crippen LogP contribution in [-0.2, 0) is 4.79 Å². The van der Waals surface area contributed by atoms with Crippen molar-refractivity contribution in [3.05, 3.63) is 11.8 Å². The van der Waals surface area contributed by atoms with Crippen molar-refractivity contribution < 1.29 is 15.0 Å². The molecule has 5 nitrogen and oxygen atoms in total. The molecule has 6 heteroatoms. The van der Waals surface area contributed by atoms with Crippen LogP contribution in [0.25, 0.3) is 0 Å². The van der Waals surface area contributed by atoms with Crippen LogP contribution >= 0.6 is 0 Å². The normalized spacial score (nSPS) is 13.1. The molecule has 28 heavy (non-hydrogen) atoms. The third-order valence-electron chi connectivity index (χ3n) is 4.52. The molecule has 0 unspecified atom stereocenters. The zero-order valence-corrected chi connectivity index (χ0v) is 23.9. The van der Waals surface area contributed by atoms with Crippen molar-refractivity contribution in [3.8, 4) is 0 Å². The Kier molecular flexibility index (Phi) is 17.3. The second-order valence-electron chi connectivity index (χ2n) is 9.80. The summed E-state index contributed by atoms with van der Waals surface area (Å²) in [5.74, 6) is -0.208. The molecule has 0 aromatic heterocycles. The van der Waals surface area contributed by atoms with Crippen molar-refractivity contribution in [2.45, 2.75) is 73.8 Å². The predicted molar refractivity (Wildman–Crippen MR) is 117 cm³/mol. The molecule has 0 aliphatic rings. The first-order valence-corrected chi connectivity index (χ1v) is 9.95. The number of nitrogens with zero attached hydrogens (tertiary/aromatic N) is 2. The van der Waals surface area contributed by atoms with Crippen LogP contribution in [0.5, 0.6) is 0 Å². The largest absolute Gasteiger partial charge is 2.00 e. The van der Waals surface area contributed by atoms with Crippen LogP contribution < -0.4 is 10.2 Å². The summed E-state index contributed by atoms with van der Waals surface area (Å²) in [5.41, 5.74) is -1.66. The van der Waals surface area contributed by atoms with Crippen LogP contribution in [0, 0.1) is 10.8 Å². The molecule has 162 valence electrons. The van der Waals surface area contributed by atoms with Crippen LogP contribution in [0.15, 0.2) is 11.8 Å². The smallest absolute Gasteiger partial charge is 0.875 e. The van der Waals surface area contributed by atoms with Gasteiger partial charge in [-0.05, 0) is 39.2 Å². The number of ketones is 1. The number of rotatable bonds is 8. The van der Waals surface area contributed by atoms with E-state index in [9.17, 15) is 15.0 Å². The van der Waals surface area contributed by atoms with E-state index < -0.39 is 16.4 Å². The Bertz CT molecular complexity index is 459. The van der Waals surface area contributed by atoms with Gasteiger partial charge in [0.15, 0.2) is 5.78 Å². The topological polar surface area (TPSA) is 69.7 Å². The van der Waals surface area contributed by atoms with Crippen LogP contribution in [-0.4, -0.2) is 107 Å². The van der Waals surface area contributed by atoms with Crippen LogP contribution in [0.1, 0.15) is 68.2 Å². The Morgan fingerprint density at radius 3 is 1.61 bits per heavy atom. The Labute approximate surface area is 211 Å². The van der Waals surface area contributed by atoms with Gasteiger partial charge in [0.25, 0.3) is 0 Å². The van der Waals surface area contributed by atoms with Crippen molar-refractivity contribution >= 4 is 51.3 Å². The third-order valence-corrected chi connectivity index (χ3v) is 4.52. The van der Waals surface area contributed by atoms with E-state index in [1.165, 1.54) is 6.08 Å². The zero-order chi connectivity index (χ0) is 22.1. The minimum Gasteiger partial charge on any atom is -0.875 e. The average molecular weight is 472 g/mol. The maximum atomic E-state index is 12.0. The van der Waals surface area contributed by atoms with Gasteiger partial charge in [-0.1, -0.05) is 68.2 Å². The molecular formula is C22H44N2O3Sr. The summed E-state index contributed by atoms with van der Waals surface area (Å²) in [4.78, 5) is 15.7. The zero-order valence-electron chi connectivity index (χ0n) is 20.4. The summed E-state index contributed by atoms with van der Waals surface area (Å²) in [6, 6.07) is 0. The van der Waals surface area contributed by atoms with Crippen molar-refractivity contribution in [1.29, 1.82) is 0 Å². The molecule has 0 aromatic carbocycles. The quantitative estimate of drug-likeness (QED) is 0.307. The first kappa shape index (κ1) is 33.2. The van der Waals surface area contributed by atoms with E-state index in [-0.39, 0.29) is 57.0 Å². The number of likely N-dealkylation sites (N-methyl/N-ethyl adjacent to an activating group) is 2. The molecular weight excluding hydrogens is 428 g/mol. The van der Waals surface area contributed by atoms with E-state index in [2.05, 4.69) is 23.9 Å². The van der Waals surface area contributed by atoms with Gasteiger partial charge in [-0.2, -0.15) is 0 Å². The molecule has 0 rings (SSSR count). The number of carbonyl (C=O) groups excluding carboxylic acids is 1. The van der Waals surface area contributed by atoms with Crippen LogP contribution in [0.4, 0.5) is 0 Å². The molecule has 0 aliphatic heterocycles. The van der Waals surface area contributed by atoms with Gasteiger partial charge >= 0.3 is 45.5 Å². The summed E-state index contributed by atoms with van der Waals surface area (Å²) in [6.45, 7) is 17.5. The maximum Gasteiger partial charge on any atom is 2.00 e. The Balaban J connectivity index is -0.000000432. The van der Waals surface area contributed by atoms with Gasteiger partial charge in [0.05, 0.1) is 0 Å². The van der Waals surface area contributed by atoms with E-state index in [0.29, 0.717) is 6.54 Å². The van der Waals surface area contributed by atoms with Gasteiger partial charge < -0.3 is 20.0 Å². The molecule has 0 spiro atoms. The molecule has 0 radical (unpaired) electrons. The summed E-state index contributed by atoms with van der Waals surface area (Å²) in [5, 5.41) is 23.5. The Morgan fingerprint density at radius 2 is 1.32 bits per heavy atom. The van der Waals surface area contributed by atoms with Gasteiger partial charge in [-0.15, -0.1) is 11.4 Å². The molecule has 0 saturated carbocycles. The number of carbonyl (C=O) groups is 1. The fourth-order valence-electron chi connectivity index (χ4n) is 1.97. The summed E-state index contributed by atoms with van der Waals surface area (Å²) < 4.78 is 0. The fraction of sp³-hybridized carbons (Fsp3) is 0.864. The first-order valence-electron chi connectivity index (χ1n) is 9.95. The second kappa shape index (κ2) is 14.6. The number of hydrogen-bond donors (Lipinski definition) is 0. The van der Waals surface area contributed by atoms with Crippen molar-refractivity contribution in [3.63, 3.8) is 0 Å². The number of hydrogen-bond acceptors (Lipinski definition) is 5. The van der Waals surface area contributed by atoms with Crippen molar-refractivity contribution in [2.24, 2.45) is 10.8 Å².